The number of hydrogen-bond donors (Lipinski definition) is 1. The first kappa shape index (κ1) is 12.1. The van der Waals surface area contributed by atoms with Crippen LogP contribution in [-0.4, -0.2) is 18.6 Å². The molecule has 1 aromatic rings. The summed E-state index contributed by atoms with van der Waals surface area (Å²) in [5, 5.41) is 11.2. The fourth-order valence-electron chi connectivity index (χ4n) is 1.24. The van der Waals surface area contributed by atoms with Gasteiger partial charge in [0.05, 0.1) is 18.2 Å². The molecule has 0 aliphatic rings. The Morgan fingerprint density at radius 1 is 1.56 bits per heavy atom. The molecule has 0 spiro atoms. The van der Waals surface area contributed by atoms with E-state index in [1.807, 2.05) is 13.0 Å². The second-order valence-electron chi connectivity index (χ2n) is 3.25. The molecule has 0 saturated carbocycles. The van der Waals surface area contributed by atoms with Crippen LogP contribution in [0.25, 0.3) is 0 Å². The molecule has 1 N–H and O–H groups in total. The Hall–Kier alpha value is -2.02. The highest BCUT2D eigenvalue weighted by atomic mass is 16.5. The molecule has 0 aliphatic carbocycles. The third kappa shape index (κ3) is 2.99. The smallest absolute Gasteiger partial charge is 0.256 e. The van der Waals surface area contributed by atoms with E-state index in [1.54, 1.807) is 31.2 Å². The van der Waals surface area contributed by atoms with Crippen LogP contribution in [0.3, 0.4) is 0 Å². The number of benzene rings is 1. The van der Waals surface area contributed by atoms with Gasteiger partial charge in [0.15, 0.2) is 0 Å². The molecule has 16 heavy (non-hydrogen) atoms. The second-order valence-corrected chi connectivity index (χ2v) is 3.25. The van der Waals surface area contributed by atoms with Crippen molar-refractivity contribution in [1.82, 2.24) is 5.32 Å². The zero-order valence-electron chi connectivity index (χ0n) is 9.36. The van der Waals surface area contributed by atoms with Gasteiger partial charge in [-0.15, -0.1) is 0 Å². The van der Waals surface area contributed by atoms with Gasteiger partial charge >= 0.3 is 0 Å². The maximum atomic E-state index is 11.8. The Bertz CT molecular complexity index is 410. The van der Waals surface area contributed by atoms with E-state index in [4.69, 9.17) is 10.00 Å². The Balaban J connectivity index is 2.86. The maximum Gasteiger partial charge on any atom is 0.256 e. The molecule has 0 radical (unpaired) electrons. The summed E-state index contributed by atoms with van der Waals surface area (Å²) in [6, 6.07) is 8.39. The van der Waals surface area contributed by atoms with Crippen LogP contribution in [0.1, 0.15) is 24.2 Å². The summed E-state index contributed by atoms with van der Waals surface area (Å²) >= 11 is 0. The van der Waals surface area contributed by atoms with Crippen LogP contribution in [0.5, 0.6) is 5.75 Å². The second kappa shape index (κ2) is 5.76. The number of nitrogens with zero attached hydrogens (tertiary/aromatic N) is 1. The van der Waals surface area contributed by atoms with Gasteiger partial charge in [-0.1, -0.05) is 12.1 Å². The normalized spacial score (nSPS) is 11.3. The van der Waals surface area contributed by atoms with E-state index >= 15 is 0 Å². The van der Waals surface area contributed by atoms with Gasteiger partial charge in [-0.05, 0) is 26.0 Å². The molecular formula is C12H14N2O2. The lowest BCUT2D eigenvalue weighted by atomic mass is 10.2. The van der Waals surface area contributed by atoms with E-state index in [0.29, 0.717) is 17.9 Å². The molecule has 4 nitrogen and oxygen atoms in total. The zero-order valence-corrected chi connectivity index (χ0v) is 9.36. The SMILES string of the molecule is CCOc1ccccc1C(=O)NC(C)C#N. The minimum absolute atomic E-state index is 0.293. The lowest BCUT2D eigenvalue weighted by Crippen LogP contribution is -2.31. The highest BCUT2D eigenvalue weighted by molar-refractivity contribution is 5.97. The summed E-state index contributed by atoms with van der Waals surface area (Å²) in [6.07, 6.45) is 0. The Morgan fingerprint density at radius 3 is 2.88 bits per heavy atom. The quantitative estimate of drug-likeness (QED) is 0.837. The van der Waals surface area contributed by atoms with Crippen LogP contribution in [0.15, 0.2) is 24.3 Å². The van der Waals surface area contributed by atoms with Gasteiger partial charge in [0.2, 0.25) is 0 Å². The number of nitriles is 1. The van der Waals surface area contributed by atoms with Crippen LogP contribution < -0.4 is 10.1 Å². The molecule has 0 fully saturated rings. The molecule has 1 unspecified atom stereocenters. The molecule has 1 amide bonds. The number of rotatable bonds is 4. The molecule has 1 rings (SSSR count). The van der Waals surface area contributed by atoms with Crippen molar-refractivity contribution < 1.29 is 9.53 Å². The average Bonchev–Trinajstić information content (AvgIpc) is 2.30. The average molecular weight is 218 g/mol. The van der Waals surface area contributed by atoms with Gasteiger partial charge in [-0.25, -0.2) is 0 Å². The van der Waals surface area contributed by atoms with Crippen molar-refractivity contribution in [3.8, 4) is 11.8 Å². The Kier molecular flexibility index (Phi) is 4.34. The van der Waals surface area contributed by atoms with Crippen LogP contribution >= 0.6 is 0 Å². The summed E-state index contributed by atoms with van der Waals surface area (Å²) in [6.45, 7) is 3.98. The van der Waals surface area contributed by atoms with Crippen LogP contribution in [0.4, 0.5) is 0 Å². The van der Waals surface area contributed by atoms with Crippen molar-refractivity contribution in [3.63, 3.8) is 0 Å². The minimum Gasteiger partial charge on any atom is -0.493 e. The molecule has 0 heterocycles. The predicted octanol–water partition coefficient (Wildman–Crippen LogP) is 1.73. The summed E-state index contributed by atoms with van der Waals surface area (Å²) in [4.78, 5) is 11.8. The van der Waals surface area contributed by atoms with Crippen LogP contribution in [0, 0.1) is 11.3 Å². The van der Waals surface area contributed by atoms with E-state index < -0.39 is 6.04 Å². The largest absolute Gasteiger partial charge is 0.493 e. The highest BCUT2D eigenvalue weighted by Gasteiger charge is 2.13. The first-order chi connectivity index (χ1) is 7.69. The van der Waals surface area contributed by atoms with Crippen molar-refractivity contribution >= 4 is 5.91 Å². The molecule has 0 aromatic heterocycles. The van der Waals surface area contributed by atoms with Gasteiger partial charge in [-0.3, -0.25) is 4.79 Å². The van der Waals surface area contributed by atoms with E-state index in [9.17, 15) is 4.79 Å². The van der Waals surface area contributed by atoms with Gasteiger partial charge < -0.3 is 10.1 Å². The summed E-state index contributed by atoms with van der Waals surface area (Å²) in [5.74, 6) is 0.241. The monoisotopic (exact) mass is 218 g/mol. The Labute approximate surface area is 94.8 Å². The topological polar surface area (TPSA) is 62.1 Å². The standard InChI is InChI=1S/C12H14N2O2/c1-3-16-11-7-5-4-6-10(11)12(15)14-9(2)8-13/h4-7,9H,3H2,1-2H3,(H,14,15). The van der Waals surface area contributed by atoms with E-state index in [1.165, 1.54) is 0 Å². The molecule has 4 heteroatoms. The number of hydrogen-bond acceptors (Lipinski definition) is 3. The predicted molar refractivity (Wildman–Crippen MR) is 60.2 cm³/mol. The zero-order chi connectivity index (χ0) is 12.0. The third-order valence-electron chi connectivity index (χ3n) is 1.97. The first-order valence-corrected chi connectivity index (χ1v) is 5.11. The number of nitrogens with one attached hydrogen (secondary N) is 1. The lowest BCUT2D eigenvalue weighted by Gasteiger charge is -2.10. The number of amides is 1. The molecule has 0 aliphatic heterocycles. The van der Waals surface area contributed by atoms with E-state index in [0.717, 1.165) is 0 Å². The fraction of sp³-hybridized carbons (Fsp3) is 0.333. The van der Waals surface area contributed by atoms with Crippen molar-refractivity contribution in [2.24, 2.45) is 0 Å². The first-order valence-electron chi connectivity index (χ1n) is 5.11. The maximum absolute atomic E-state index is 11.8. The van der Waals surface area contributed by atoms with Crippen LogP contribution in [0.2, 0.25) is 0 Å². The Morgan fingerprint density at radius 2 is 2.25 bits per heavy atom. The number of carbonyl (C=O) groups excluding carboxylic acids is 1. The summed E-state index contributed by atoms with van der Waals surface area (Å²) < 4.78 is 5.33. The summed E-state index contributed by atoms with van der Waals surface area (Å²) in [5.41, 5.74) is 0.450. The van der Waals surface area contributed by atoms with Crippen molar-refractivity contribution in [2.75, 3.05) is 6.61 Å². The van der Waals surface area contributed by atoms with Crippen molar-refractivity contribution in [2.45, 2.75) is 19.9 Å². The number of carbonyl (C=O) groups is 1. The van der Waals surface area contributed by atoms with E-state index in [2.05, 4.69) is 5.32 Å². The molecule has 1 aromatic carbocycles. The van der Waals surface area contributed by atoms with Gasteiger partial charge in [0, 0.05) is 0 Å². The van der Waals surface area contributed by atoms with Crippen molar-refractivity contribution in [3.05, 3.63) is 29.8 Å². The third-order valence-corrected chi connectivity index (χ3v) is 1.97. The minimum atomic E-state index is -0.512. The fourth-order valence-corrected chi connectivity index (χ4v) is 1.24. The van der Waals surface area contributed by atoms with Gasteiger partial charge in [-0.2, -0.15) is 5.26 Å². The van der Waals surface area contributed by atoms with Gasteiger partial charge in [0.25, 0.3) is 5.91 Å². The molecular weight excluding hydrogens is 204 g/mol. The molecule has 0 bridgehead atoms. The van der Waals surface area contributed by atoms with Crippen molar-refractivity contribution in [1.29, 1.82) is 5.26 Å². The molecule has 1 atom stereocenters. The highest BCUT2D eigenvalue weighted by Crippen LogP contribution is 2.17. The summed E-state index contributed by atoms with van der Waals surface area (Å²) in [7, 11) is 0. The molecule has 84 valence electrons. The van der Waals surface area contributed by atoms with E-state index in [-0.39, 0.29) is 5.91 Å². The lowest BCUT2D eigenvalue weighted by molar-refractivity contribution is 0.0944. The van der Waals surface area contributed by atoms with Crippen LogP contribution in [-0.2, 0) is 0 Å². The van der Waals surface area contributed by atoms with Gasteiger partial charge in [0.1, 0.15) is 11.8 Å². The number of ether oxygens (including phenoxy) is 1. The molecule has 0 saturated heterocycles. The number of para-hydroxylation sites is 1.